The van der Waals surface area contributed by atoms with Gasteiger partial charge in [0.1, 0.15) is 0 Å². The number of hydrogen-bond acceptors (Lipinski definition) is 8. The smallest absolute Gasteiger partial charge is 0.269 e. The first-order chi connectivity index (χ1) is 21.9. The number of rotatable bonds is 10. The maximum Gasteiger partial charge on any atom is 0.269 e. The van der Waals surface area contributed by atoms with Crippen molar-refractivity contribution in [3.8, 4) is 0 Å². The van der Waals surface area contributed by atoms with Crippen molar-refractivity contribution in [1.29, 1.82) is 0 Å². The van der Waals surface area contributed by atoms with Crippen LogP contribution in [-0.2, 0) is 39.4 Å². The van der Waals surface area contributed by atoms with E-state index in [2.05, 4.69) is 10.3 Å². The molecular formula is C32H39FN6O6Si. The van der Waals surface area contributed by atoms with Gasteiger partial charge in [0, 0.05) is 73.6 Å². The Morgan fingerprint density at radius 1 is 1.20 bits per heavy atom. The number of benzene rings is 2. The van der Waals surface area contributed by atoms with Crippen LogP contribution in [-0.4, -0.2) is 64.5 Å². The summed E-state index contributed by atoms with van der Waals surface area (Å²) < 4.78 is 24.6. The molecule has 2 saturated heterocycles. The molecular weight excluding hydrogens is 611 g/mol. The Morgan fingerprint density at radius 2 is 2.00 bits per heavy atom. The zero-order valence-corrected chi connectivity index (χ0v) is 27.3. The van der Waals surface area contributed by atoms with Gasteiger partial charge in [-0.05, 0) is 56.1 Å². The third-order valence-corrected chi connectivity index (χ3v) is 12.1. The molecule has 46 heavy (non-hydrogen) atoms. The lowest BCUT2D eigenvalue weighted by Crippen LogP contribution is -2.45. The summed E-state index contributed by atoms with van der Waals surface area (Å²) in [5.41, 5.74) is 0.670. The largest absolute Gasteiger partial charge is 0.396 e. The Bertz CT molecular complexity index is 1660. The van der Waals surface area contributed by atoms with Crippen LogP contribution < -0.4 is 9.80 Å². The Hall–Kier alpha value is -4.01. The van der Waals surface area contributed by atoms with Crippen molar-refractivity contribution >= 4 is 37.3 Å². The molecule has 2 amide bonds. The maximum atomic E-state index is 16.2. The molecule has 0 radical (unpaired) electrons. The monoisotopic (exact) mass is 650 g/mol. The summed E-state index contributed by atoms with van der Waals surface area (Å²) in [5, 5.41) is 29.3. The van der Waals surface area contributed by atoms with Crippen LogP contribution in [0.15, 0.2) is 48.7 Å². The lowest BCUT2D eigenvalue weighted by Gasteiger charge is -2.31. The van der Waals surface area contributed by atoms with Crippen molar-refractivity contribution in [2.45, 2.75) is 82.5 Å². The van der Waals surface area contributed by atoms with Crippen LogP contribution >= 0.6 is 0 Å². The Morgan fingerprint density at radius 3 is 2.72 bits per heavy atom. The number of anilines is 2. The van der Waals surface area contributed by atoms with E-state index in [-0.39, 0.29) is 30.7 Å². The molecule has 0 bridgehead atoms. The van der Waals surface area contributed by atoms with Crippen LogP contribution in [0.25, 0.3) is 0 Å². The van der Waals surface area contributed by atoms with E-state index in [4.69, 9.17) is 4.74 Å². The van der Waals surface area contributed by atoms with Crippen molar-refractivity contribution in [1.82, 2.24) is 15.0 Å². The Labute approximate surface area is 267 Å². The van der Waals surface area contributed by atoms with Crippen LogP contribution in [0.2, 0.25) is 18.6 Å². The number of aryl methyl sites for hydroxylation is 1. The molecule has 0 saturated carbocycles. The number of amides is 2. The Balaban J connectivity index is 1.36. The summed E-state index contributed by atoms with van der Waals surface area (Å²) >= 11 is 0. The molecule has 1 spiro atoms. The number of aliphatic hydroxyl groups excluding tert-OH is 1. The summed E-state index contributed by atoms with van der Waals surface area (Å²) in [6.45, 7) is 6.12. The van der Waals surface area contributed by atoms with Gasteiger partial charge in [-0.1, -0.05) is 24.3 Å². The minimum Gasteiger partial charge on any atom is -0.396 e. The van der Waals surface area contributed by atoms with Crippen molar-refractivity contribution in [3.05, 3.63) is 75.6 Å². The van der Waals surface area contributed by atoms with Crippen LogP contribution in [0.5, 0.6) is 0 Å². The van der Waals surface area contributed by atoms with E-state index < -0.39 is 36.5 Å². The van der Waals surface area contributed by atoms with Gasteiger partial charge in [0.05, 0.1) is 29.0 Å². The summed E-state index contributed by atoms with van der Waals surface area (Å²) in [5.74, 6) is -0.928. The van der Waals surface area contributed by atoms with Crippen molar-refractivity contribution in [2.75, 3.05) is 23.0 Å². The van der Waals surface area contributed by atoms with Gasteiger partial charge in [0.15, 0.2) is 5.60 Å². The predicted molar refractivity (Wildman–Crippen MR) is 170 cm³/mol. The highest BCUT2D eigenvalue weighted by Gasteiger charge is 2.66. The van der Waals surface area contributed by atoms with Gasteiger partial charge in [-0.2, -0.15) is 0 Å². The summed E-state index contributed by atoms with van der Waals surface area (Å²) in [4.78, 5) is 42.1. The van der Waals surface area contributed by atoms with Gasteiger partial charge < -0.3 is 23.8 Å². The van der Waals surface area contributed by atoms with Crippen LogP contribution in [0.4, 0.5) is 21.2 Å². The van der Waals surface area contributed by atoms with Crippen molar-refractivity contribution in [3.63, 3.8) is 0 Å². The number of aromatic nitrogens is 3. The maximum absolute atomic E-state index is 16.2. The normalized spacial score (nSPS) is 24.7. The second-order valence-corrected chi connectivity index (χ2v) is 16.8. The number of aliphatic hydroxyl groups is 1. The number of ether oxygens (including phenoxy) is 1. The first-order valence-electron chi connectivity index (χ1n) is 15.8. The standard InChI is InChI=1S/C32H39FN6O6Si/c1-21-30(46(2,3)33)28(12-15-36-20-23(13-16-40)34-35-36)45-32(21)26-18-25(39(43)44)10-11-27(26)38(31(32)42)19-22-7-6-8-24(17-22)37-14-5-4-9-29(37)41/h6-8,10-11,17-18,20-21,28,30,40H,4-5,9,12-16,19H2,1-3H3/t21-,28+,30-,32+/m0/s1. The number of nitrogens with zero attached hydrogens (tertiary/aromatic N) is 6. The van der Waals surface area contributed by atoms with E-state index in [9.17, 15) is 24.8 Å². The van der Waals surface area contributed by atoms with E-state index in [1.807, 2.05) is 31.2 Å². The first-order valence-corrected chi connectivity index (χ1v) is 18.8. The number of nitro benzene ring substituents is 1. The van der Waals surface area contributed by atoms with Crippen molar-refractivity contribution in [2.24, 2.45) is 5.92 Å². The molecule has 0 aliphatic carbocycles. The predicted octanol–water partition coefficient (Wildman–Crippen LogP) is 4.65. The zero-order chi connectivity index (χ0) is 32.8. The first kappa shape index (κ1) is 31.9. The van der Waals surface area contributed by atoms with E-state index in [1.165, 1.54) is 12.1 Å². The molecule has 3 aliphatic rings. The van der Waals surface area contributed by atoms with Gasteiger partial charge in [-0.3, -0.25) is 24.4 Å². The van der Waals surface area contributed by atoms with E-state index in [0.29, 0.717) is 49.3 Å². The van der Waals surface area contributed by atoms with E-state index >= 15 is 4.11 Å². The molecule has 4 atom stereocenters. The molecule has 1 N–H and O–H groups in total. The number of nitro groups is 1. The number of piperidine rings is 1. The number of carbonyl (C=O) groups excluding carboxylic acids is 2. The third-order valence-electron chi connectivity index (χ3n) is 9.64. The fourth-order valence-corrected chi connectivity index (χ4v) is 10.1. The quantitative estimate of drug-likeness (QED) is 0.145. The highest BCUT2D eigenvalue weighted by atomic mass is 28.4. The minimum atomic E-state index is -3.45. The van der Waals surface area contributed by atoms with Crippen LogP contribution in [0.1, 0.15) is 49.4 Å². The number of hydrogen-bond donors (Lipinski definition) is 1. The van der Waals surface area contributed by atoms with E-state index in [0.717, 1.165) is 24.1 Å². The van der Waals surface area contributed by atoms with Gasteiger partial charge in [-0.15, -0.1) is 5.10 Å². The van der Waals surface area contributed by atoms with Gasteiger partial charge >= 0.3 is 0 Å². The van der Waals surface area contributed by atoms with E-state index in [1.54, 1.807) is 39.8 Å². The molecule has 244 valence electrons. The highest BCUT2D eigenvalue weighted by molar-refractivity contribution is 6.72. The lowest BCUT2D eigenvalue weighted by molar-refractivity contribution is -0.385. The van der Waals surface area contributed by atoms with Gasteiger partial charge in [0.25, 0.3) is 11.6 Å². The van der Waals surface area contributed by atoms with Crippen LogP contribution in [0.3, 0.4) is 0 Å². The molecule has 14 heteroatoms. The minimum absolute atomic E-state index is 0.0565. The average molecular weight is 651 g/mol. The number of carbonyl (C=O) groups is 2. The average Bonchev–Trinajstić information content (AvgIpc) is 3.66. The summed E-state index contributed by atoms with van der Waals surface area (Å²) in [6.07, 6.45) is 4.07. The Kier molecular flexibility index (Phi) is 8.54. The highest BCUT2D eigenvalue weighted by Crippen LogP contribution is 2.60. The van der Waals surface area contributed by atoms with Gasteiger partial charge in [-0.25, -0.2) is 0 Å². The van der Waals surface area contributed by atoms with Gasteiger partial charge in [0.2, 0.25) is 14.3 Å². The SMILES string of the molecule is C[C@H]1[C@H]([Si](C)(C)F)[C@@H](CCn2cc(CCO)nn2)O[C@]12C(=O)N(Cc1cccc(N3CCCCC3=O)c1)c1ccc([N+](=O)[O-])cc12. The molecule has 0 unspecified atom stereocenters. The molecule has 2 aromatic carbocycles. The molecule has 3 aromatic rings. The molecule has 12 nitrogen and oxygen atoms in total. The topological polar surface area (TPSA) is 144 Å². The summed E-state index contributed by atoms with van der Waals surface area (Å²) in [6, 6.07) is 11.9. The van der Waals surface area contributed by atoms with Crippen molar-refractivity contribution < 1.29 is 28.5 Å². The molecule has 6 rings (SSSR count). The number of halogens is 1. The lowest BCUT2D eigenvalue weighted by atomic mass is 9.82. The fourth-order valence-electron chi connectivity index (χ4n) is 7.60. The molecule has 3 aliphatic heterocycles. The third kappa shape index (κ3) is 5.62. The molecule has 2 fully saturated rings. The zero-order valence-electron chi connectivity index (χ0n) is 26.3. The number of non-ortho nitro benzene ring substituents is 1. The summed E-state index contributed by atoms with van der Waals surface area (Å²) in [7, 11) is -3.45. The fraction of sp³-hybridized carbons (Fsp3) is 0.500. The number of fused-ring (bicyclic) bond motifs is 2. The second-order valence-electron chi connectivity index (χ2n) is 13.0. The second kappa shape index (κ2) is 12.3. The molecule has 4 heterocycles. The van der Waals surface area contributed by atoms with Crippen LogP contribution in [0, 0.1) is 16.0 Å². The molecule has 1 aromatic heterocycles.